The van der Waals surface area contributed by atoms with Crippen LogP contribution in [0.1, 0.15) is 212 Å². The number of carbonyl (C=O) groups excluding carboxylic acids is 10. The van der Waals surface area contributed by atoms with Gasteiger partial charge in [0, 0.05) is 69.6 Å². The molecule has 0 aromatic heterocycles. The highest BCUT2D eigenvalue weighted by Gasteiger charge is 2.69. The number of ether oxygens (including phenoxy) is 10. The molecule has 4 aliphatic heterocycles. The fraction of sp³-hybridized carbons (Fsp3) is 0.778. The Morgan fingerprint density at radius 3 is 1.26 bits per heavy atom. The van der Waals surface area contributed by atoms with Crippen LogP contribution in [0.4, 0.5) is 0 Å². The molecule has 13 aliphatic carbocycles. The molecular formula is C81H114O26S2. The summed E-state index contributed by atoms with van der Waals surface area (Å²) in [5.41, 5.74) is 0.0858. The van der Waals surface area contributed by atoms with Crippen LogP contribution in [-0.4, -0.2) is 160 Å². The third kappa shape index (κ3) is 16.8. The summed E-state index contributed by atoms with van der Waals surface area (Å²) in [5, 5.41) is -0.903. The summed E-state index contributed by atoms with van der Waals surface area (Å²) in [4.78, 5) is 117. The number of rotatable bonds is 19. The van der Waals surface area contributed by atoms with Gasteiger partial charge in [-0.1, -0.05) is 54.0 Å². The number of fused-ring (bicyclic) bond motifs is 4. The molecule has 12 bridgehead atoms. The SMILES string of the molecule is C=C(C)C(=O)OC1(C(C)C)C2CC3CC(C2)CC1C3.C=C(C)C(=O)OC1(C)CCCC1.C=C(C)C(=O)OC1C2CC3C(=O)OC1C3C2.C=C(C)C(=O)OCC(=O)OC1C2CC3C1OS(=O)(=O)C3C2.CCC(C)(C)C(=O)OC1C2CC3C(=O)OC1C3C2.CCC(C)(C)C(=O)OCC(=O)OC1C2CC3C1OS(=O)(=O)C3C2. The van der Waals surface area contributed by atoms with Crippen LogP contribution in [0, 0.1) is 99.6 Å². The van der Waals surface area contributed by atoms with Gasteiger partial charge in [0.1, 0.15) is 60.0 Å². The highest BCUT2D eigenvalue weighted by Crippen LogP contribution is 2.63. The molecule has 4 heterocycles. The van der Waals surface area contributed by atoms with E-state index in [9.17, 15) is 64.8 Å². The molecule has 17 aliphatic rings. The van der Waals surface area contributed by atoms with Gasteiger partial charge in [0.25, 0.3) is 20.2 Å². The van der Waals surface area contributed by atoms with Crippen molar-refractivity contribution in [3.63, 3.8) is 0 Å². The summed E-state index contributed by atoms with van der Waals surface area (Å²) in [6, 6.07) is 0. The van der Waals surface area contributed by atoms with E-state index >= 15 is 0 Å². The van der Waals surface area contributed by atoms with Gasteiger partial charge >= 0.3 is 59.7 Å². The van der Waals surface area contributed by atoms with Gasteiger partial charge in [-0.15, -0.1) is 0 Å². The van der Waals surface area contributed by atoms with Crippen LogP contribution in [-0.2, 0) is 124 Å². The zero-order valence-electron chi connectivity index (χ0n) is 65.5. The first-order chi connectivity index (χ1) is 50.9. The second-order valence-electron chi connectivity index (χ2n) is 35.9. The Labute approximate surface area is 641 Å². The Bertz CT molecular complexity index is 3850. The predicted molar refractivity (Wildman–Crippen MR) is 389 cm³/mol. The molecule has 17 fully saturated rings. The fourth-order valence-corrected chi connectivity index (χ4v) is 24.6. The minimum absolute atomic E-state index is 0.00284. The minimum atomic E-state index is -3.53. The van der Waals surface area contributed by atoms with E-state index in [0.29, 0.717) is 84.3 Å². The summed E-state index contributed by atoms with van der Waals surface area (Å²) < 4.78 is 111. The Kier molecular flexibility index (Phi) is 24.3. The van der Waals surface area contributed by atoms with E-state index in [-0.39, 0.29) is 118 Å². The lowest BCUT2D eigenvalue weighted by atomic mass is 9.47. The van der Waals surface area contributed by atoms with Gasteiger partial charge in [0.15, 0.2) is 13.2 Å². The molecular weight excluding hydrogens is 1450 g/mol. The van der Waals surface area contributed by atoms with Gasteiger partial charge in [-0.05, 0) is 214 Å². The maximum atomic E-state index is 12.1. The van der Waals surface area contributed by atoms with Gasteiger partial charge in [0.2, 0.25) is 0 Å². The molecule has 606 valence electrons. The minimum Gasteiger partial charge on any atom is -0.458 e. The van der Waals surface area contributed by atoms with Crippen LogP contribution in [0.25, 0.3) is 0 Å². The first-order valence-corrected chi connectivity index (χ1v) is 42.4. The Morgan fingerprint density at radius 2 is 0.844 bits per heavy atom. The summed E-state index contributed by atoms with van der Waals surface area (Å²) in [6.07, 6.45) is 15.0. The van der Waals surface area contributed by atoms with Crippen molar-refractivity contribution in [2.45, 2.75) is 283 Å². The van der Waals surface area contributed by atoms with E-state index in [1.807, 2.05) is 34.6 Å². The number of hydrogen-bond acceptors (Lipinski definition) is 26. The molecule has 17 rings (SSSR count). The molecule has 26 nitrogen and oxygen atoms in total. The van der Waals surface area contributed by atoms with E-state index < -0.39 is 103 Å². The van der Waals surface area contributed by atoms with Crippen molar-refractivity contribution in [2.75, 3.05) is 13.2 Å². The molecule has 0 spiro atoms. The van der Waals surface area contributed by atoms with Crippen LogP contribution in [0.15, 0.2) is 48.6 Å². The maximum Gasteiger partial charge on any atom is 0.344 e. The molecule has 0 amide bonds. The largest absolute Gasteiger partial charge is 0.458 e. The Balaban J connectivity index is 0.000000131. The second kappa shape index (κ2) is 31.8. The van der Waals surface area contributed by atoms with Crippen LogP contribution in [0.5, 0.6) is 0 Å². The average molecular weight is 1570 g/mol. The topological polar surface area (TPSA) is 350 Å². The normalized spacial score (nSPS) is 38.1. The lowest BCUT2D eigenvalue weighted by molar-refractivity contribution is -0.221. The molecule has 0 aromatic carbocycles. The van der Waals surface area contributed by atoms with Gasteiger partial charge in [-0.2, -0.15) is 16.8 Å². The number of esters is 10. The number of carbonyl (C=O) groups is 10. The summed E-state index contributed by atoms with van der Waals surface area (Å²) in [7, 11) is -7.05. The smallest absolute Gasteiger partial charge is 0.344 e. The zero-order valence-corrected chi connectivity index (χ0v) is 67.2. The van der Waals surface area contributed by atoms with Gasteiger partial charge in [-0.3, -0.25) is 27.5 Å². The van der Waals surface area contributed by atoms with Crippen molar-refractivity contribution in [3.8, 4) is 0 Å². The van der Waals surface area contributed by atoms with E-state index in [2.05, 4.69) is 40.2 Å². The van der Waals surface area contributed by atoms with Crippen molar-refractivity contribution in [1.29, 1.82) is 0 Å². The number of hydrogen-bond donors (Lipinski definition) is 0. The molecule has 4 saturated heterocycles. The van der Waals surface area contributed by atoms with Gasteiger partial charge in [-0.25, -0.2) is 28.8 Å². The van der Waals surface area contributed by atoms with Crippen molar-refractivity contribution in [1.82, 2.24) is 0 Å². The van der Waals surface area contributed by atoms with Gasteiger partial charge in [0.05, 0.1) is 33.2 Å². The van der Waals surface area contributed by atoms with Crippen molar-refractivity contribution in [3.05, 3.63) is 48.6 Å². The standard InChI is InChI=1S/C17H26O2.C15H22O7S.C14H20O4.C13H16O7S.C12H14O4.C10H16O2/c1-10(2)16(18)19-17(11(3)4)14-6-12-5-13(8-14)9-15(17)7-12;1-4-15(2,3)14(17)20-7-11(16)21-12-8-5-9-10(6-8)23(18,19)22-13(9)12;1-4-14(2,3)13(16)18-10-7-5-8-9(6-7)12(15)17-11(8)10;1-6(2)13(15)18-5-10(14)19-11-7-3-8-9(4-7)21(16,17)20-12(8)11;1-5(2)11(13)15-9-6-3-7-8(4-6)12(14)16-10(7)9;1-8(2)9(11)12-10(3)6-4-5-7-10/h11-15H,1,5-9H2,2-4H3;8-10,12-13H,4-7H2,1-3H3;7-11H,4-6H2,1-3H3;7-9,11-12H,1,3-5H2,2H3;6-10H,1,3-4H2,2H3;1,4-7H2,2-3H3. The van der Waals surface area contributed by atoms with E-state index in [4.69, 9.17) is 55.7 Å². The Hall–Kier alpha value is -6.52. The summed E-state index contributed by atoms with van der Waals surface area (Å²) in [5.74, 6) is 0.940. The molecule has 0 N–H and O–H groups in total. The van der Waals surface area contributed by atoms with Crippen LogP contribution < -0.4 is 0 Å². The fourth-order valence-electron chi connectivity index (χ4n) is 20.9. The Morgan fingerprint density at radius 1 is 0.468 bits per heavy atom. The van der Waals surface area contributed by atoms with Crippen LogP contribution >= 0.6 is 0 Å². The molecule has 109 heavy (non-hydrogen) atoms. The van der Waals surface area contributed by atoms with Crippen LogP contribution in [0.3, 0.4) is 0 Å². The quantitative estimate of drug-likeness (QED) is 0.0502. The highest BCUT2D eigenvalue weighted by atomic mass is 32.2. The molecule has 20 atom stereocenters. The molecule has 13 saturated carbocycles. The summed E-state index contributed by atoms with van der Waals surface area (Å²) in [6.45, 7) is 37.4. The predicted octanol–water partition coefficient (Wildman–Crippen LogP) is 10.5. The first-order valence-electron chi connectivity index (χ1n) is 39.4. The summed E-state index contributed by atoms with van der Waals surface area (Å²) >= 11 is 0. The third-order valence-electron chi connectivity index (χ3n) is 27.2. The van der Waals surface area contributed by atoms with E-state index in [1.54, 1.807) is 34.6 Å². The molecule has 20 unspecified atom stereocenters. The first kappa shape index (κ1) is 83.4. The van der Waals surface area contributed by atoms with Gasteiger partial charge < -0.3 is 47.4 Å². The molecule has 0 aromatic rings. The van der Waals surface area contributed by atoms with Crippen molar-refractivity contribution >= 4 is 79.9 Å². The van der Waals surface area contributed by atoms with Crippen LogP contribution in [0.2, 0.25) is 0 Å². The highest BCUT2D eigenvalue weighted by molar-refractivity contribution is 7.88. The zero-order chi connectivity index (χ0) is 79.9. The molecule has 28 heteroatoms. The van der Waals surface area contributed by atoms with Crippen molar-refractivity contribution in [2.24, 2.45) is 99.6 Å². The lowest BCUT2D eigenvalue weighted by Crippen LogP contribution is -2.62. The molecule has 0 radical (unpaired) electrons. The van der Waals surface area contributed by atoms with E-state index in [1.165, 1.54) is 51.9 Å². The maximum absolute atomic E-state index is 12.1. The monoisotopic (exact) mass is 1570 g/mol. The average Bonchev–Trinajstić information content (AvgIpc) is 1.73. The van der Waals surface area contributed by atoms with E-state index in [0.717, 1.165) is 56.8 Å². The third-order valence-corrected chi connectivity index (χ3v) is 30.7. The lowest BCUT2D eigenvalue weighted by Gasteiger charge is -2.61. The van der Waals surface area contributed by atoms with Crippen molar-refractivity contribution < 1.29 is 121 Å². The second-order valence-corrected chi connectivity index (χ2v) is 39.5.